The smallest absolute Gasteiger partial charge is 0.249 e. The molecule has 0 aliphatic rings. The minimum atomic E-state index is -0.521. The molecule has 32 heavy (non-hydrogen) atoms. The van der Waals surface area contributed by atoms with Crippen LogP contribution < -0.4 is 20.2 Å². The van der Waals surface area contributed by atoms with Gasteiger partial charge in [0.25, 0.3) is 0 Å². The molecule has 0 aromatic heterocycles. The fraction of sp³-hybridized carbons (Fsp3) is 0.160. The number of benzene rings is 3. The number of hydrazone groups is 1. The third-order valence-corrected chi connectivity index (χ3v) is 4.32. The molecule has 164 valence electrons. The number of hydrogen-bond donors (Lipinski definition) is 2. The number of anilines is 1. The van der Waals surface area contributed by atoms with Gasteiger partial charge in [-0.15, -0.1) is 0 Å². The van der Waals surface area contributed by atoms with Crippen molar-refractivity contribution in [2.24, 2.45) is 5.10 Å². The average Bonchev–Trinajstić information content (AvgIpc) is 2.80. The van der Waals surface area contributed by atoms with Gasteiger partial charge in [-0.3, -0.25) is 9.59 Å². The predicted octanol–water partition coefficient (Wildman–Crippen LogP) is 4.14. The van der Waals surface area contributed by atoms with Crippen LogP contribution in [-0.4, -0.2) is 24.6 Å². The Kier molecular flexibility index (Phi) is 8.39. The summed E-state index contributed by atoms with van der Waals surface area (Å²) in [7, 11) is 0. The Morgan fingerprint density at radius 2 is 1.59 bits per heavy atom. The summed E-state index contributed by atoms with van der Waals surface area (Å²) in [6, 6.07) is 24.1. The van der Waals surface area contributed by atoms with Crippen LogP contribution in [0.3, 0.4) is 0 Å². The van der Waals surface area contributed by atoms with Gasteiger partial charge >= 0.3 is 0 Å². The molecule has 2 amide bonds. The molecule has 2 N–H and O–H groups in total. The number of nitrogens with zero attached hydrogens (tertiary/aromatic N) is 1. The third-order valence-electron chi connectivity index (χ3n) is 4.32. The lowest BCUT2D eigenvalue weighted by molar-refractivity contribution is -0.126. The second kappa shape index (κ2) is 11.9. The highest BCUT2D eigenvalue weighted by Crippen LogP contribution is 2.18. The van der Waals surface area contributed by atoms with Crippen LogP contribution in [0.1, 0.15) is 24.5 Å². The molecular formula is C25H25N3O4. The van der Waals surface area contributed by atoms with Crippen molar-refractivity contribution in [2.75, 3.05) is 11.9 Å². The molecule has 3 aromatic carbocycles. The number of hydrogen-bond acceptors (Lipinski definition) is 5. The van der Waals surface area contributed by atoms with E-state index in [0.717, 1.165) is 5.56 Å². The van der Waals surface area contributed by atoms with Crippen LogP contribution in [0, 0.1) is 0 Å². The lowest BCUT2D eigenvalue weighted by atomic mass is 10.2. The first kappa shape index (κ1) is 22.6. The second-order valence-corrected chi connectivity index (χ2v) is 6.79. The molecule has 0 spiro atoms. The SMILES string of the molecule is CCOc1ccc(NC(=O)CC(=O)NN=Cc2ccccc2OCc2ccccc2)cc1. The Labute approximate surface area is 187 Å². The van der Waals surface area contributed by atoms with E-state index in [-0.39, 0.29) is 6.42 Å². The van der Waals surface area contributed by atoms with E-state index in [1.165, 1.54) is 6.21 Å². The van der Waals surface area contributed by atoms with Gasteiger partial charge < -0.3 is 14.8 Å². The van der Waals surface area contributed by atoms with Gasteiger partial charge in [0.15, 0.2) is 0 Å². The number of rotatable bonds is 10. The molecule has 3 aromatic rings. The lowest BCUT2D eigenvalue weighted by Gasteiger charge is -2.09. The van der Waals surface area contributed by atoms with Crippen LogP contribution in [0.2, 0.25) is 0 Å². The molecule has 3 rings (SSSR count). The van der Waals surface area contributed by atoms with Crippen LogP contribution in [0.25, 0.3) is 0 Å². The predicted molar refractivity (Wildman–Crippen MR) is 124 cm³/mol. The number of para-hydroxylation sites is 1. The van der Waals surface area contributed by atoms with E-state index in [2.05, 4.69) is 15.8 Å². The Morgan fingerprint density at radius 3 is 2.34 bits per heavy atom. The molecule has 0 aliphatic heterocycles. The Hall–Kier alpha value is -4.13. The summed E-state index contributed by atoms with van der Waals surface area (Å²) in [6.07, 6.45) is 1.14. The van der Waals surface area contributed by atoms with Gasteiger partial charge in [0, 0.05) is 11.3 Å². The monoisotopic (exact) mass is 431 g/mol. The summed E-state index contributed by atoms with van der Waals surface area (Å²) in [6.45, 7) is 2.88. The van der Waals surface area contributed by atoms with Crippen molar-refractivity contribution in [3.05, 3.63) is 90.0 Å². The van der Waals surface area contributed by atoms with Crippen LogP contribution in [0.15, 0.2) is 84.0 Å². The Balaban J connectivity index is 1.48. The van der Waals surface area contributed by atoms with E-state index in [9.17, 15) is 9.59 Å². The highest BCUT2D eigenvalue weighted by Gasteiger charge is 2.09. The van der Waals surface area contributed by atoms with E-state index in [0.29, 0.717) is 36.0 Å². The largest absolute Gasteiger partial charge is 0.494 e. The molecule has 0 atom stereocenters. The van der Waals surface area contributed by atoms with E-state index < -0.39 is 11.8 Å². The van der Waals surface area contributed by atoms with Gasteiger partial charge in [0.2, 0.25) is 11.8 Å². The summed E-state index contributed by atoms with van der Waals surface area (Å²) in [5, 5.41) is 6.61. The van der Waals surface area contributed by atoms with Gasteiger partial charge in [-0.05, 0) is 48.9 Å². The molecule has 0 fully saturated rings. The second-order valence-electron chi connectivity index (χ2n) is 6.79. The van der Waals surface area contributed by atoms with Gasteiger partial charge in [-0.1, -0.05) is 42.5 Å². The fourth-order valence-corrected chi connectivity index (χ4v) is 2.82. The van der Waals surface area contributed by atoms with Gasteiger partial charge in [0.1, 0.15) is 24.5 Å². The van der Waals surface area contributed by atoms with Gasteiger partial charge in [-0.25, -0.2) is 5.43 Å². The normalized spacial score (nSPS) is 10.5. The number of amides is 2. The summed E-state index contributed by atoms with van der Waals surface area (Å²) in [5.74, 6) is 0.397. The summed E-state index contributed by atoms with van der Waals surface area (Å²) < 4.78 is 11.2. The van der Waals surface area contributed by atoms with Crippen LogP contribution >= 0.6 is 0 Å². The Bertz CT molecular complexity index is 1050. The molecular weight excluding hydrogens is 406 g/mol. The average molecular weight is 431 g/mol. The van der Waals surface area contributed by atoms with Crippen molar-refractivity contribution in [2.45, 2.75) is 20.0 Å². The highest BCUT2D eigenvalue weighted by atomic mass is 16.5. The maximum Gasteiger partial charge on any atom is 0.249 e. The summed E-state index contributed by atoms with van der Waals surface area (Å²) in [4.78, 5) is 24.1. The molecule has 0 saturated heterocycles. The topological polar surface area (TPSA) is 89.0 Å². The molecule has 7 heteroatoms. The first-order valence-electron chi connectivity index (χ1n) is 10.2. The third kappa shape index (κ3) is 7.28. The molecule has 0 aliphatic carbocycles. The minimum absolute atomic E-state index is 0.350. The quantitative estimate of drug-likeness (QED) is 0.287. The number of carbonyl (C=O) groups excluding carboxylic acids is 2. The molecule has 7 nitrogen and oxygen atoms in total. The lowest BCUT2D eigenvalue weighted by Crippen LogP contribution is -2.24. The first-order chi connectivity index (χ1) is 15.6. The number of nitrogens with one attached hydrogen (secondary N) is 2. The maximum absolute atomic E-state index is 12.1. The van der Waals surface area contributed by atoms with Crippen molar-refractivity contribution in [3.63, 3.8) is 0 Å². The standard InChI is InChI=1S/C25H25N3O4/c1-2-31-22-14-12-21(13-15-22)27-24(29)16-25(30)28-26-17-20-10-6-7-11-23(20)32-18-19-8-4-3-5-9-19/h3-15,17H,2,16,18H2,1H3,(H,27,29)(H,28,30). The van der Waals surface area contributed by atoms with Crippen molar-refractivity contribution in [1.29, 1.82) is 0 Å². The van der Waals surface area contributed by atoms with Crippen molar-refractivity contribution in [1.82, 2.24) is 5.43 Å². The number of carbonyl (C=O) groups is 2. The summed E-state index contributed by atoms with van der Waals surface area (Å²) >= 11 is 0. The molecule has 0 heterocycles. The van der Waals surface area contributed by atoms with Crippen LogP contribution in [0.5, 0.6) is 11.5 Å². The van der Waals surface area contributed by atoms with E-state index >= 15 is 0 Å². The highest BCUT2D eigenvalue weighted by molar-refractivity contribution is 6.03. The first-order valence-corrected chi connectivity index (χ1v) is 10.2. The zero-order chi connectivity index (χ0) is 22.6. The Morgan fingerprint density at radius 1 is 0.875 bits per heavy atom. The van der Waals surface area contributed by atoms with E-state index in [1.54, 1.807) is 24.3 Å². The van der Waals surface area contributed by atoms with E-state index in [1.807, 2.05) is 61.5 Å². The van der Waals surface area contributed by atoms with Gasteiger partial charge in [0.05, 0.1) is 12.8 Å². The van der Waals surface area contributed by atoms with Gasteiger partial charge in [-0.2, -0.15) is 5.10 Å². The van der Waals surface area contributed by atoms with Crippen molar-refractivity contribution in [3.8, 4) is 11.5 Å². The maximum atomic E-state index is 12.1. The zero-order valence-electron chi connectivity index (χ0n) is 17.8. The number of ether oxygens (including phenoxy) is 2. The van der Waals surface area contributed by atoms with Crippen LogP contribution in [0.4, 0.5) is 5.69 Å². The minimum Gasteiger partial charge on any atom is -0.494 e. The summed E-state index contributed by atoms with van der Waals surface area (Å²) in [5.41, 5.74) is 4.71. The van der Waals surface area contributed by atoms with Crippen molar-refractivity contribution >= 4 is 23.7 Å². The molecule has 0 saturated carbocycles. The van der Waals surface area contributed by atoms with Crippen molar-refractivity contribution < 1.29 is 19.1 Å². The molecule has 0 bridgehead atoms. The fourth-order valence-electron chi connectivity index (χ4n) is 2.82. The zero-order valence-corrected chi connectivity index (χ0v) is 17.8. The molecule has 0 unspecified atom stereocenters. The molecule has 0 radical (unpaired) electrons. The van der Waals surface area contributed by atoms with E-state index in [4.69, 9.17) is 9.47 Å². The van der Waals surface area contributed by atoms with Crippen LogP contribution in [-0.2, 0) is 16.2 Å².